The predicted octanol–water partition coefficient (Wildman–Crippen LogP) is 2.21. The van der Waals surface area contributed by atoms with Gasteiger partial charge in [-0.15, -0.1) is 0 Å². The van der Waals surface area contributed by atoms with Crippen LogP contribution >= 0.6 is 0 Å². The van der Waals surface area contributed by atoms with Gasteiger partial charge < -0.3 is 10.1 Å². The number of carbonyl (C=O) groups is 1. The number of benzene rings is 1. The molecule has 1 rings (SSSR count). The highest BCUT2D eigenvalue weighted by Crippen LogP contribution is 2.09. The Morgan fingerprint density at radius 1 is 1.33 bits per heavy atom. The van der Waals surface area contributed by atoms with E-state index in [1.807, 2.05) is 38.1 Å². The fourth-order valence-electron chi connectivity index (χ4n) is 1.41. The number of hydrogen-bond donors (Lipinski definition) is 1. The molecule has 0 unspecified atom stereocenters. The van der Waals surface area contributed by atoms with Crippen LogP contribution in [-0.4, -0.2) is 19.6 Å². The van der Waals surface area contributed by atoms with Crippen molar-refractivity contribution in [2.75, 3.05) is 13.7 Å². The summed E-state index contributed by atoms with van der Waals surface area (Å²) in [4.78, 5) is 11.4. The number of rotatable bonds is 4. The minimum absolute atomic E-state index is 0.0500. The first kappa shape index (κ1) is 14.1. The third-order valence-corrected chi connectivity index (χ3v) is 2.29. The smallest absolute Gasteiger partial charge is 0.221 e. The molecule has 0 heterocycles. The maximum atomic E-state index is 11.4. The normalized spacial score (nSPS) is 9.56. The highest BCUT2D eigenvalue weighted by Gasteiger charge is 2.01. The molecule has 0 aliphatic carbocycles. The van der Waals surface area contributed by atoms with Crippen LogP contribution in [-0.2, 0) is 4.79 Å². The minimum Gasteiger partial charge on any atom is -0.497 e. The summed E-state index contributed by atoms with van der Waals surface area (Å²) in [5, 5.41) is 2.77. The molecule has 0 aliphatic heterocycles. The molecule has 0 saturated carbocycles. The van der Waals surface area contributed by atoms with Crippen LogP contribution in [0, 0.1) is 17.8 Å². The number of hydrogen-bond acceptors (Lipinski definition) is 2. The number of amides is 1. The van der Waals surface area contributed by atoms with Crippen LogP contribution in [0.2, 0.25) is 0 Å². The second-order valence-electron chi connectivity index (χ2n) is 4.40. The van der Waals surface area contributed by atoms with E-state index in [2.05, 4.69) is 17.2 Å². The maximum Gasteiger partial charge on any atom is 0.221 e. The van der Waals surface area contributed by atoms with Crippen molar-refractivity contribution in [1.82, 2.24) is 5.32 Å². The van der Waals surface area contributed by atoms with Crippen LogP contribution in [0.1, 0.15) is 25.8 Å². The first-order valence-electron chi connectivity index (χ1n) is 6.01. The summed E-state index contributed by atoms with van der Waals surface area (Å²) in [5.74, 6) is 7.14. The van der Waals surface area contributed by atoms with Crippen molar-refractivity contribution in [3.63, 3.8) is 0 Å². The van der Waals surface area contributed by atoms with Gasteiger partial charge in [0.1, 0.15) is 5.75 Å². The highest BCUT2D eigenvalue weighted by molar-refractivity contribution is 5.76. The number of carbonyl (C=O) groups excluding carboxylic acids is 1. The SMILES string of the molecule is COc1ccc(C#CCNC(=O)CC(C)C)cc1. The molecule has 0 atom stereocenters. The van der Waals surface area contributed by atoms with Crippen LogP contribution in [0.3, 0.4) is 0 Å². The summed E-state index contributed by atoms with van der Waals surface area (Å²) in [6.45, 7) is 4.42. The van der Waals surface area contributed by atoms with Crippen molar-refractivity contribution in [2.24, 2.45) is 5.92 Å². The maximum absolute atomic E-state index is 11.4. The van der Waals surface area contributed by atoms with Gasteiger partial charge in [-0.3, -0.25) is 4.79 Å². The molecule has 0 aromatic heterocycles. The van der Waals surface area contributed by atoms with Gasteiger partial charge in [0, 0.05) is 12.0 Å². The molecule has 1 amide bonds. The van der Waals surface area contributed by atoms with Crippen LogP contribution in [0.4, 0.5) is 0 Å². The lowest BCUT2D eigenvalue weighted by Crippen LogP contribution is -2.24. The monoisotopic (exact) mass is 245 g/mol. The van der Waals surface area contributed by atoms with Gasteiger partial charge in [-0.1, -0.05) is 25.7 Å². The van der Waals surface area contributed by atoms with Crippen LogP contribution in [0.5, 0.6) is 5.75 Å². The number of nitrogens with one attached hydrogen (secondary N) is 1. The summed E-state index contributed by atoms with van der Waals surface area (Å²) >= 11 is 0. The van der Waals surface area contributed by atoms with Crippen molar-refractivity contribution in [3.05, 3.63) is 29.8 Å². The average molecular weight is 245 g/mol. The van der Waals surface area contributed by atoms with Crippen LogP contribution in [0.15, 0.2) is 24.3 Å². The Labute approximate surface area is 109 Å². The van der Waals surface area contributed by atoms with E-state index in [9.17, 15) is 4.79 Å². The molecule has 0 radical (unpaired) electrons. The van der Waals surface area contributed by atoms with E-state index >= 15 is 0 Å². The van der Waals surface area contributed by atoms with E-state index in [4.69, 9.17) is 4.74 Å². The fourth-order valence-corrected chi connectivity index (χ4v) is 1.41. The Bertz CT molecular complexity index is 438. The van der Waals surface area contributed by atoms with Crippen molar-refractivity contribution in [2.45, 2.75) is 20.3 Å². The molecule has 0 saturated heterocycles. The molecular weight excluding hydrogens is 226 g/mol. The average Bonchev–Trinajstić information content (AvgIpc) is 2.34. The Hall–Kier alpha value is -1.95. The van der Waals surface area contributed by atoms with E-state index in [0.717, 1.165) is 11.3 Å². The molecule has 0 bridgehead atoms. The molecule has 1 aromatic rings. The Morgan fingerprint density at radius 2 is 2.00 bits per heavy atom. The highest BCUT2D eigenvalue weighted by atomic mass is 16.5. The molecule has 1 aromatic carbocycles. The van der Waals surface area contributed by atoms with Gasteiger partial charge in [0.25, 0.3) is 0 Å². The van der Waals surface area contributed by atoms with Gasteiger partial charge in [-0.25, -0.2) is 0 Å². The molecular formula is C15H19NO2. The largest absolute Gasteiger partial charge is 0.497 e. The molecule has 96 valence electrons. The van der Waals surface area contributed by atoms with Crippen molar-refractivity contribution < 1.29 is 9.53 Å². The zero-order valence-corrected chi connectivity index (χ0v) is 11.1. The van der Waals surface area contributed by atoms with Gasteiger partial charge in [0.15, 0.2) is 0 Å². The van der Waals surface area contributed by atoms with Crippen molar-refractivity contribution in [1.29, 1.82) is 0 Å². The first-order valence-corrected chi connectivity index (χ1v) is 6.01. The zero-order chi connectivity index (χ0) is 13.4. The first-order chi connectivity index (χ1) is 8.61. The molecule has 3 nitrogen and oxygen atoms in total. The summed E-state index contributed by atoms with van der Waals surface area (Å²) in [6, 6.07) is 7.51. The van der Waals surface area contributed by atoms with E-state index in [1.165, 1.54) is 0 Å². The molecule has 0 fully saturated rings. The quantitative estimate of drug-likeness (QED) is 0.826. The molecule has 0 aliphatic rings. The molecule has 1 N–H and O–H groups in total. The van der Waals surface area contributed by atoms with Gasteiger partial charge in [-0.2, -0.15) is 0 Å². The third-order valence-electron chi connectivity index (χ3n) is 2.29. The second-order valence-corrected chi connectivity index (χ2v) is 4.40. The van der Waals surface area contributed by atoms with E-state index in [-0.39, 0.29) is 5.91 Å². The summed E-state index contributed by atoms with van der Waals surface area (Å²) in [6.07, 6.45) is 0.546. The summed E-state index contributed by atoms with van der Waals surface area (Å²) in [7, 11) is 1.63. The predicted molar refractivity (Wildman–Crippen MR) is 72.3 cm³/mol. The molecule has 18 heavy (non-hydrogen) atoms. The topological polar surface area (TPSA) is 38.3 Å². The van der Waals surface area contributed by atoms with E-state index < -0.39 is 0 Å². The zero-order valence-electron chi connectivity index (χ0n) is 11.1. The Morgan fingerprint density at radius 3 is 2.56 bits per heavy atom. The van der Waals surface area contributed by atoms with Crippen molar-refractivity contribution in [3.8, 4) is 17.6 Å². The van der Waals surface area contributed by atoms with Gasteiger partial charge in [0.2, 0.25) is 5.91 Å². The van der Waals surface area contributed by atoms with Crippen LogP contribution < -0.4 is 10.1 Å². The minimum atomic E-state index is 0.0500. The third kappa shape index (κ3) is 5.40. The Balaban J connectivity index is 2.39. The lowest BCUT2D eigenvalue weighted by Gasteiger charge is -2.03. The fraction of sp³-hybridized carbons (Fsp3) is 0.400. The number of ether oxygens (including phenoxy) is 1. The molecule has 3 heteroatoms. The summed E-state index contributed by atoms with van der Waals surface area (Å²) < 4.78 is 5.06. The van der Waals surface area contributed by atoms with Gasteiger partial charge >= 0.3 is 0 Å². The van der Waals surface area contributed by atoms with Crippen molar-refractivity contribution >= 4 is 5.91 Å². The number of methoxy groups -OCH3 is 1. The molecule has 0 spiro atoms. The summed E-state index contributed by atoms with van der Waals surface area (Å²) in [5.41, 5.74) is 0.911. The lowest BCUT2D eigenvalue weighted by molar-refractivity contribution is -0.121. The van der Waals surface area contributed by atoms with Crippen LogP contribution in [0.25, 0.3) is 0 Å². The van der Waals surface area contributed by atoms with E-state index in [1.54, 1.807) is 7.11 Å². The van der Waals surface area contributed by atoms with Gasteiger partial charge in [0.05, 0.1) is 13.7 Å². The lowest BCUT2D eigenvalue weighted by atomic mass is 10.1. The second kappa shape index (κ2) is 7.39. The Kier molecular flexibility index (Phi) is 5.79. The van der Waals surface area contributed by atoms with Gasteiger partial charge in [-0.05, 0) is 30.2 Å². The standard InChI is InChI=1S/C15H19NO2/c1-12(2)11-15(17)16-10-4-5-13-6-8-14(18-3)9-7-13/h6-9,12H,10-11H2,1-3H3,(H,16,17). The van der Waals surface area contributed by atoms with E-state index in [0.29, 0.717) is 18.9 Å².